The van der Waals surface area contributed by atoms with Gasteiger partial charge in [-0.1, -0.05) is 101 Å². The largest absolute Gasteiger partial charge is 0.407 e. The highest BCUT2D eigenvalue weighted by molar-refractivity contribution is 7.15. The molecule has 0 spiro atoms. The summed E-state index contributed by atoms with van der Waals surface area (Å²) in [6, 6.07) is 21.5. The van der Waals surface area contributed by atoms with E-state index in [1.165, 1.54) is 10.4 Å². The van der Waals surface area contributed by atoms with E-state index in [1.54, 1.807) is 0 Å². The normalized spacial score (nSPS) is 15.9. The van der Waals surface area contributed by atoms with E-state index < -0.39 is 15.9 Å². The minimum Gasteiger partial charge on any atom is -0.407 e. The first-order valence-corrected chi connectivity index (χ1v) is 17.0. The third-order valence-electron chi connectivity index (χ3n) is 5.85. The van der Waals surface area contributed by atoms with Crippen LogP contribution in [0.4, 0.5) is 0 Å². The lowest BCUT2D eigenvalue weighted by molar-refractivity contribution is 0.0728. The van der Waals surface area contributed by atoms with Crippen molar-refractivity contribution in [3.8, 4) is 0 Å². The molecular formula is C26H39ClO2Si2. The SMILES string of the molecule is C=C[C@@H](C)[C@H](O[Si](C)(C)Cl)[C@H](C)CO[Si](c1ccccc1)(c1ccccc1)C(C)(C)C. The van der Waals surface area contributed by atoms with Crippen LogP contribution in [-0.4, -0.2) is 28.7 Å². The first kappa shape index (κ1) is 26.1. The zero-order chi connectivity index (χ0) is 23.3. The third-order valence-corrected chi connectivity index (χ3v) is 12.0. The number of hydrogen-bond donors (Lipinski definition) is 0. The fourth-order valence-corrected chi connectivity index (χ4v) is 10.4. The molecule has 5 heteroatoms. The highest BCUT2D eigenvalue weighted by atomic mass is 35.6. The summed E-state index contributed by atoms with van der Waals surface area (Å²) in [5.74, 6) is 0.378. The molecule has 0 aliphatic carbocycles. The molecule has 2 aromatic carbocycles. The summed E-state index contributed by atoms with van der Waals surface area (Å²) in [6.07, 6.45) is 1.94. The summed E-state index contributed by atoms with van der Waals surface area (Å²) >= 11 is 6.58. The van der Waals surface area contributed by atoms with Gasteiger partial charge < -0.3 is 8.85 Å². The molecule has 0 heterocycles. The van der Waals surface area contributed by atoms with Gasteiger partial charge in [0.1, 0.15) is 0 Å². The molecule has 0 unspecified atom stereocenters. The Hall–Kier alpha value is -1.18. The second-order valence-corrected chi connectivity index (χ2v) is 20.0. The maximum Gasteiger partial charge on any atom is 0.284 e. The summed E-state index contributed by atoms with van der Waals surface area (Å²) in [6.45, 7) is 19.9. The molecule has 3 atom stereocenters. The molecule has 0 aliphatic heterocycles. The Balaban J connectivity index is 2.48. The highest BCUT2D eigenvalue weighted by Gasteiger charge is 2.50. The minimum absolute atomic E-state index is 0.0186. The van der Waals surface area contributed by atoms with E-state index in [0.29, 0.717) is 6.61 Å². The molecule has 2 aromatic rings. The molecule has 0 bridgehead atoms. The van der Waals surface area contributed by atoms with Gasteiger partial charge in [0.05, 0.1) is 6.10 Å². The summed E-state index contributed by atoms with van der Waals surface area (Å²) in [7, 11) is -4.79. The first-order valence-electron chi connectivity index (χ1n) is 11.2. The van der Waals surface area contributed by atoms with Gasteiger partial charge in [-0.25, -0.2) is 0 Å². The minimum atomic E-state index is -2.56. The van der Waals surface area contributed by atoms with Crippen molar-refractivity contribution >= 4 is 37.4 Å². The van der Waals surface area contributed by atoms with Crippen molar-refractivity contribution < 1.29 is 8.85 Å². The van der Waals surface area contributed by atoms with E-state index in [-0.39, 0.29) is 23.0 Å². The summed E-state index contributed by atoms with van der Waals surface area (Å²) in [5.41, 5.74) is 0. The molecule has 31 heavy (non-hydrogen) atoms. The maximum atomic E-state index is 7.12. The van der Waals surface area contributed by atoms with Crippen molar-refractivity contribution in [3.05, 3.63) is 73.3 Å². The molecule has 0 saturated heterocycles. The predicted octanol–water partition coefficient (Wildman–Crippen LogP) is 6.35. The van der Waals surface area contributed by atoms with Gasteiger partial charge in [0, 0.05) is 12.5 Å². The molecule has 0 N–H and O–H groups in total. The van der Waals surface area contributed by atoms with Crippen molar-refractivity contribution in [1.82, 2.24) is 0 Å². The fourth-order valence-electron chi connectivity index (χ4n) is 4.31. The smallest absolute Gasteiger partial charge is 0.284 e. The molecule has 0 saturated carbocycles. The van der Waals surface area contributed by atoms with Crippen LogP contribution >= 0.6 is 11.1 Å². The van der Waals surface area contributed by atoms with Gasteiger partial charge in [-0.3, -0.25) is 0 Å². The molecule has 0 fully saturated rings. The lowest BCUT2D eigenvalue weighted by Gasteiger charge is -2.44. The average Bonchev–Trinajstić information content (AvgIpc) is 2.71. The van der Waals surface area contributed by atoms with Crippen LogP contribution in [0.25, 0.3) is 0 Å². The zero-order valence-corrected chi connectivity index (χ0v) is 22.9. The number of benzene rings is 2. The Kier molecular flexibility index (Phi) is 8.94. The number of halogens is 1. The molecule has 0 aliphatic rings. The molecule has 0 aromatic heterocycles. The average molecular weight is 475 g/mol. The van der Waals surface area contributed by atoms with E-state index in [0.717, 1.165) is 0 Å². The van der Waals surface area contributed by atoms with E-state index in [9.17, 15) is 0 Å². The predicted molar refractivity (Wildman–Crippen MR) is 140 cm³/mol. The number of hydrogen-bond acceptors (Lipinski definition) is 2. The standard InChI is InChI=1S/C26H39ClO2Si2/c1-9-21(2)25(29-30(7,8)27)22(3)20-28-31(26(4,5)6,23-16-12-10-13-17-23)24-18-14-11-15-19-24/h9-19,21-22,25H,1,20H2,2-8H3/t21-,22-,25+/m1/s1. The molecule has 170 valence electrons. The van der Waals surface area contributed by atoms with Crippen LogP contribution in [0.5, 0.6) is 0 Å². The molecule has 2 rings (SSSR count). The Morgan fingerprint density at radius 3 is 1.74 bits per heavy atom. The van der Waals surface area contributed by atoms with Crippen molar-refractivity contribution in [2.24, 2.45) is 11.8 Å². The van der Waals surface area contributed by atoms with Crippen LogP contribution in [0.3, 0.4) is 0 Å². The lowest BCUT2D eigenvalue weighted by Crippen LogP contribution is -2.67. The second kappa shape index (κ2) is 10.6. The van der Waals surface area contributed by atoms with Gasteiger partial charge in [0.15, 0.2) is 0 Å². The van der Waals surface area contributed by atoms with Crippen LogP contribution < -0.4 is 10.4 Å². The van der Waals surface area contributed by atoms with Gasteiger partial charge in [0.2, 0.25) is 0 Å². The lowest BCUT2D eigenvalue weighted by atomic mass is 9.94. The molecule has 2 nitrogen and oxygen atoms in total. The van der Waals surface area contributed by atoms with Crippen LogP contribution in [-0.2, 0) is 8.85 Å². The Morgan fingerprint density at radius 2 is 1.39 bits per heavy atom. The van der Waals surface area contributed by atoms with E-state index in [2.05, 4.69) is 102 Å². The van der Waals surface area contributed by atoms with E-state index in [1.807, 2.05) is 19.2 Å². The van der Waals surface area contributed by atoms with Gasteiger partial charge in [-0.15, -0.1) is 17.7 Å². The molecular weight excluding hydrogens is 436 g/mol. The Bertz CT molecular complexity index is 773. The quantitative estimate of drug-likeness (QED) is 0.227. The Labute approximate surface area is 196 Å². The van der Waals surface area contributed by atoms with E-state index >= 15 is 0 Å². The van der Waals surface area contributed by atoms with Gasteiger partial charge >= 0.3 is 0 Å². The molecule has 0 radical (unpaired) electrons. The molecule has 0 amide bonds. The summed E-state index contributed by atoms with van der Waals surface area (Å²) in [4.78, 5) is 0. The van der Waals surface area contributed by atoms with Crippen molar-refractivity contribution in [2.75, 3.05) is 6.61 Å². The highest BCUT2D eigenvalue weighted by Crippen LogP contribution is 2.37. The van der Waals surface area contributed by atoms with Gasteiger partial charge in [-0.05, 0) is 34.4 Å². The van der Waals surface area contributed by atoms with Gasteiger partial charge in [0.25, 0.3) is 15.9 Å². The van der Waals surface area contributed by atoms with Crippen molar-refractivity contribution in [2.45, 2.75) is 58.9 Å². The fraction of sp³-hybridized carbons (Fsp3) is 0.462. The second-order valence-electron chi connectivity index (χ2n) is 9.99. The van der Waals surface area contributed by atoms with Crippen LogP contribution in [0.2, 0.25) is 18.1 Å². The van der Waals surface area contributed by atoms with Gasteiger partial charge in [-0.2, -0.15) is 0 Å². The van der Waals surface area contributed by atoms with Crippen LogP contribution in [0, 0.1) is 11.8 Å². The van der Waals surface area contributed by atoms with E-state index in [4.69, 9.17) is 19.9 Å². The van der Waals surface area contributed by atoms with Crippen molar-refractivity contribution in [1.29, 1.82) is 0 Å². The van der Waals surface area contributed by atoms with Crippen molar-refractivity contribution in [3.63, 3.8) is 0 Å². The first-order chi connectivity index (χ1) is 14.4. The summed E-state index contributed by atoms with van der Waals surface area (Å²) < 4.78 is 13.5. The van der Waals surface area contributed by atoms with Crippen LogP contribution in [0.1, 0.15) is 34.6 Å². The third kappa shape index (κ3) is 6.42. The maximum absolute atomic E-state index is 7.12. The zero-order valence-electron chi connectivity index (χ0n) is 20.2. The topological polar surface area (TPSA) is 18.5 Å². The summed E-state index contributed by atoms with van der Waals surface area (Å²) in [5, 5.41) is 2.54. The monoisotopic (exact) mass is 474 g/mol. The Morgan fingerprint density at radius 1 is 0.935 bits per heavy atom. The van der Waals surface area contributed by atoms with Crippen LogP contribution in [0.15, 0.2) is 73.3 Å². The number of rotatable bonds is 10.